The number of nitrogens with one attached hydrogen (secondary N) is 1. The first kappa shape index (κ1) is 24.1. The van der Waals surface area contributed by atoms with E-state index in [0.29, 0.717) is 0 Å². The fraction of sp³-hybridized carbons (Fsp3) is 0.174. The van der Waals surface area contributed by atoms with E-state index in [1.165, 1.54) is 6.08 Å². The van der Waals surface area contributed by atoms with Crippen LogP contribution >= 0.6 is 0 Å². The van der Waals surface area contributed by atoms with Crippen molar-refractivity contribution in [2.24, 2.45) is 0 Å². The normalized spacial score (nSPS) is 10.5. The van der Waals surface area contributed by atoms with Gasteiger partial charge in [-0.1, -0.05) is 36.4 Å². The van der Waals surface area contributed by atoms with Crippen LogP contribution in [0, 0.1) is 25.2 Å². The lowest BCUT2D eigenvalue weighted by atomic mass is 10.1. The van der Waals surface area contributed by atoms with Gasteiger partial charge in [-0.2, -0.15) is 14.9 Å². The fourth-order valence-corrected chi connectivity index (χ4v) is 2.43. The van der Waals surface area contributed by atoms with Crippen LogP contribution in [0.2, 0.25) is 0 Å². The molecule has 0 spiro atoms. The quantitative estimate of drug-likeness (QED) is 0.384. The largest absolute Gasteiger partial charge is 0.508 e. The molecule has 2 aromatic carbocycles. The molecule has 0 heterocycles. The third-order valence-electron chi connectivity index (χ3n) is 4.19. The van der Waals surface area contributed by atoms with Gasteiger partial charge in [0, 0.05) is 6.54 Å². The van der Waals surface area contributed by atoms with Crippen molar-refractivity contribution in [1.29, 1.82) is 5.26 Å². The molecular weight excluding hydrogens is 384 g/mol. The number of amides is 1. The number of phenols is 1. The van der Waals surface area contributed by atoms with Gasteiger partial charge >= 0.3 is 6.15 Å². The van der Waals surface area contributed by atoms with E-state index in [2.05, 4.69) is 5.32 Å². The molecule has 154 valence electrons. The highest BCUT2D eigenvalue weighted by Crippen LogP contribution is 2.17. The van der Waals surface area contributed by atoms with Crippen LogP contribution in [0.1, 0.15) is 27.8 Å². The molecule has 0 aliphatic heterocycles. The molecule has 0 saturated carbocycles. The van der Waals surface area contributed by atoms with E-state index in [1.807, 2.05) is 31.2 Å². The van der Waals surface area contributed by atoms with E-state index in [0.717, 1.165) is 27.8 Å². The number of benzene rings is 2. The molecule has 0 radical (unpaired) electrons. The number of aromatic hydroxyl groups is 1. The first-order chi connectivity index (χ1) is 14.4. The Hall–Kier alpha value is -3.98. The minimum atomic E-state index is -0.484. The maximum Gasteiger partial charge on any atom is 0.373 e. The van der Waals surface area contributed by atoms with Gasteiger partial charge in [-0.25, -0.2) is 0 Å². The second kappa shape index (κ2) is 12.5. The molecule has 2 aromatic rings. The van der Waals surface area contributed by atoms with Gasteiger partial charge in [0.2, 0.25) is 0 Å². The number of allylic oxidation sites excluding steroid dienone is 2. The SMILES string of the molecule is Cc1ccc(CNC(=O)/C(C#N)=C/C=C/c2ccc(C)c(CO)c2)cc1O.O=C=O. The van der Waals surface area contributed by atoms with Gasteiger partial charge in [0.1, 0.15) is 17.4 Å². The van der Waals surface area contributed by atoms with E-state index in [-0.39, 0.29) is 30.6 Å². The molecule has 0 atom stereocenters. The molecule has 3 N–H and O–H groups in total. The van der Waals surface area contributed by atoms with Crippen LogP contribution in [0.4, 0.5) is 0 Å². The first-order valence-corrected chi connectivity index (χ1v) is 8.91. The highest BCUT2D eigenvalue weighted by molar-refractivity contribution is 5.97. The highest BCUT2D eigenvalue weighted by Gasteiger charge is 2.08. The molecule has 0 aliphatic carbocycles. The van der Waals surface area contributed by atoms with Crippen molar-refractivity contribution in [3.05, 3.63) is 81.9 Å². The first-order valence-electron chi connectivity index (χ1n) is 8.91. The van der Waals surface area contributed by atoms with Crippen molar-refractivity contribution in [1.82, 2.24) is 5.32 Å². The number of hydrogen-bond acceptors (Lipinski definition) is 6. The number of phenolic OH excluding ortho intramolecular Hbond substituents is 1. The Kier molecular flexibility index (Phi) is 10.0. The molecule has 1 amide bonds. The molecular formula is C23H22N2O5. The summed E-state index contributed by atoms with van der Waals surface area (Å²) in [6.45, 7) is 3.89. The summed E-state index contributed by atoms with van der Waals surface area (Å²) in [6, 6.07) is 12.7. The van der Waals surface area contributed by atoms with Crippen molar-refractivity contribution in [2.45, 2.75) is 27.0 Å². The molecule has 0 bridgehead atoms. The number of hydrogen-bond donors (Lipinski definition) is 3. The minimum Gasteiger partial charge on any atom is -0.508 e. The highest BCUT2D eigenvalue weighted by atomic mass is 16.3. The topological polar surface area (TPSA) is 127 Å². The molecule has 0 fully saturated rings. The van der Waals surface area contributed by atoms with E-state index in [4.69, 9.17) is 9.59 Å². The Bertz CT molecular complexity index is 1030. The third kappa shape index (κ3) is 7.56. The lowest BCUT2D eigenvalue weighted by molar-refractivity contribution is -0.191. The summed E-state index contributed by atoms with van der Waals surface area (Å²) >= 11 is 0. The van der Waals surface area contributed by atoms with Crippen molar-refractivity contribution >= 4 is 18.1 Å². The maximum absolute atomic E-state index is 12.2. The number of aliphatic hydroxyl groups is 1. The van der Waals surface area contributed by atoms with Gasteiger partial charge < -0.3 is 15.5 Å². The van der Waals surface area contributed by atoms with E-state index in [1.54, 1.807) is 37.3 Å². The lowest BCUT2D eigenvalue weighted by Gasteiger charge is -2.06. The van der Waals surface area contributed by atoms with Gasteiger partial charge in [-0.15, -0.1) is 0 Å². The van der Waals surface area contributed by atoms with Crippen LogP contribution in [0.3, 0.4) is 0 Å². The smallest absolute Gasteiger partial charge is 0.373 e. The van der Waals surface area contributed by atoms with E-state index < -0.39 is 5.91 Å². The average molecular weight is 406 g/mol. The number of aliphatic hydroxyl groups excluding tert-OH is 1. The van der Waals surface area contributed by atoms with Gasteiger partial charge in [0.15, 0.2) is 0 Å². The Morgan fingerprint density at radius 2 is 1.80 bits per heavy atom. The van der Waals surface area contributed by atoms with Crippen LogP contribution in [-0.2, 0) is 27.5 Å². The van der Waals surface area contributed by atoms with Crippen LogP contribution in [0.25, 0.3) is 6.08 Å². The van der Waals surface area contributed by atoms with Crippen molar-refractivity contribution in [3.63, 3.8) is 0 Å². The monoisotopic (exact) mass is 406 g/mol. The molecule has 30 heavy (non-hydrogen) atoms. The van der Waals surface area contributed by atoms with Crippen molar-refractivity contribution < 1.29 is 24.6 Å². The second-order valence-electron chi connectivity index (χ2n) is 6.28. The summed E-state index contributed by atoms with van der Waals surface area (Å²) in [7, 11) is 0. The van der Waals surface area contributed by atoms with Crippen LogP contribution in [0.15, 0.2) is 54.1 Å². The van der Waals surface area contributed by atoms with Crippen LogP contribution < -0.4 is 5.32 Å². The van der Waals surface area contributed by atoms with Gasteiger partial charge in [-0.3, -0.25) is 4.79 Å². The number of aryl methyl sites for hydroxylation is 2. The minimum absolute atomic E-state index is 0.0166. The van der Waals surface area contributed by atoms with E-state index in [9.17, 15) is 20.3 Å². The predicted octanol–water partition coefficient (Wildman–Crippen LogP) is 2.70. The van der Waals surface area contributed by atoms with Gasteiger partial charge in [0.05, 0.1) is 6.61 Å². The summed E-state index contributed by atoms with van der Waals surface area (Å²) in [5, 5.41) is 30.9. The van der Waals surface area contributed by atoms with Gasteiger partial charge in [0.25, 0.3) is 5.91 Å². The Morgan fingerprint density at radius 3 is 2.40 bits per heavy atom. The number of carbonyl (C=O) groups is 1. The van der Waals surface area contributed by atoms with Crippen molar-refractivity contribution in [2.75, 3.05) is 0 Å². The van der Waals surface area contributed by atoms with E-state index >= 15 is 0 Å². The molecule has 0 saturated heterocycles. The molecule has 7 nitrogen and oxygen atoms in total. The summed E-state index contributed by atoms with van der Waals surface area (Å²) in [5.74, 6) is -0.316. The Morgan fingerprint density at radius 1 is 1.13 bits per heavy atom. The fourth-order valence-electron chi connectivity index (χ4n) is 2.43. The summed E-state index contributed by atoms with van der Waals surface area (Å²) < 4.78 is 0. The molecule has 0 aromatic heterocycles. The zero-order valence-electron chi connectivity index (χ0n) is 16.7. The molecule has 0 aliphatic rings. The average Bonchev–Trinajstić information content (AvgIpc) is 2.73. The lowest BCUT2D eigenvalue weighted by Crippen LogP contribution is -2.23. The number of rotatable bonds is 6. The summed E-state index contributed by atoms with van der Waals surface area (Å²) in [4.78, 5) is 28.4. The van der Waals surface area contributed by atoms with Crippen molar-refractivity contribution in [3.8, 4) is 11.8 Å². The van der Waals surface area contributed by atoms with Crippen LogP contribution in [-0.4, -0.2) is 22.3 Å². The van der Waals surface area contributed by atoms with Crippen LogP contribution in [0.5, 0.6) is 5.75 Å². The zero-order valence-corrected chi connectivity index (χ0v) is 16.7. The number of nitriles is 1. The number of carbonyl (C=O) groups excluding carboxylic acids is 3. The summed E-state index contributed by atoms with van der Waals surface area (Å²) in [5.41, 5.74) is 4.19. The Balaban J connectivity index is 0.00000141. The standard InChI is InChI=1S/C22H22N2O3.CO2/c1-15-6-8-17(10-20(15)14-25)4-3-5-19(12-23)22(27)24-13-18-9-7-16(2)21(26)11-18;2-1-3/h3-11,25-26H,13-14H2,1-2H3,(H,24,27);/b4-3+,19-5+;. The zero-order chi connectivity index (χ0) is 22.5. The number of nitrogens with zero attached hydrogens (tertiary/aromatic N) is 1. The third-order valence-corrected chi connectivity index (χ3v) is 4.19. The van der Waals surface area contributed by atoms with Gasteiger partial charge in [-0.05, 0) is 59.9 Å². The molecule has 0 unspecified atom stereocenters. The predicted molar refractivity (Wildman–Crippen MR) is 110 cm³/mol. The maximum atomic E-state index is 12.2. The molecule has 2 rings (SSSR count). The molecule has 7 heteroatoms. The second-order valence-corrected chi connectivity index (χ2v) is 6.28. The summed E-state index contributed by atoms with van der Waals surface area (Å²) in [6.07, 6.45) is 5.09. The Labute approximate surface area is 174 Å².